The summed E-state index contributed by atoms with van der Waals surface area (Å²) in [7, 11) is 0. The number of nitrogens with one attached hydrogen (secondary N) is 1. The summed E-state index contributed by atoms with van der Waals surface area (Å²) in [5.74, 6) is 0.436. The molecule has 0 unspecified atom stereocenters. The lowest BCUT2D eigenvalue weighted by Crippen LogP contribution is -2.36. The molecule has 1 aliphatic carbocycles. The van der Waals surface area contributed by atoms with Crippen LogP contribution in [-0.2, 0) is 5.75 Å². The minimum atomic E-state index is -0.291. The highest BCUT2D eigenvalue weighted by atomic mass is 35.5. The Hall–Kier alpha value is -0.740. The number of amidine groups is 1. The summed E-state index contributed by atoms with van der Waals surface area (Å²) >= 11 is 7.68. The maximum Gasteiger partial charge on any atom is 0.157 e. The minimum absolute atomic E-state index is 0.291. The minimum Gasteiger partial charge on any atom is -0.360 e. The summed E-state index contributed by atoms with van der Waals surface area (Å²) in [4.78, 5) is 4.72. The number of halogens is 2. The van der Waals surface area contributed by atoms with Gasteiger partial charge in [-0.3, -0.25) is 4.99 Å². The molecule has 1 aliphatic heterocycles. The van der Waals surface area contributed by atoms with Gasteiger partial charge in [0, 0.05) is 10.8 Å². The lowest BCUT2D eigenvalue weighted by molar-refractivity contribution is 0.385. The predicted octanol–water partition coefficient (Wildman–Crippen LogP) is 3.98. The smallest absolute Gasteiger partial charge is 0.157 e. The van der Waals surface area contributed by atoms with Crippen LogP contribution in [0, 0.1) is 5.82 Å². The second kappa shape index (κ2) is 5.71. The molecule has 0 radical (unpaired) electrons. The average molecular weight is 299 g/mol. The van der Waals surface area contributed by atoms with Crippen molar-refractivity contribution in [2.75, 3.05) is 0 Å². The van der Waals surface area contributed by atoms with E-state index in [-0.39, 0.29) is 5.82 Å². The van der Waals surface area contributed by atoms with E-state index in [0.29, 0.717) is 17.1 Å². The van der Waals surface area contributed by atoms with Crippen LogP contribution in [0.25, 0.3) is 0 Å². The first-order valence-corrected chi connectivity index (χ1v) is 8.00. The van der Waals surface area contributed by atoms with Crippen molar-refractivity contribution in [3.63, 3.8) is 0 Å². The normalized spacial score (nSPS) is 25.7. The van der Waals surface area contributed by atoms with E-state index in [1.807, 2.05) is 0 Å². The molecule has 0 bridgehead atoms. The van der Waals surface area contributed by atoms with E-state index in [1.165, 1.54) is 37.8 Å². The molecule has 2 aliphatic rings. The molecule has 0 amide bonds. The summed E-state index contributed by atoms with van der Waals surface area (Å²) in [5, 5.41) is 4.99. The van der Waals surface area contributed by atoms with Crippen LogP contribution >= 0.6 is 23.4 Å². The van der Waals surface area contributed by atoms with Gasteiger partial charge in [0.25, 0.3) is 0 Å². The van der Waals surface area contributed by atoms with Crippen molar-refractivity contribution in [1.82, 2.24) is 5.32 Å². The van der Waals surface area contributed by atoms with Crippen LogP contribution in [-0.4, -0.2) is 17.3 Å². The van der Waals surface area contributed by atoms with Gasteiger partial charge in [-0.25, -0.2) is 4.39 Å². The number of aliphatic imine (C=N–C) groups is 1. The van der Waals surface area contributed by atoms with E-state index in [1.54, 1.807) is 17.8 Å². The molecular formula is C14H16ClFN2S. The summed E-state index contributed by atoms with van der Waals surface area (Å²) < 4.78 is 13.0. The second-order valence-electron chi connectivity index (χ2n) is 5.06. The molecule has 2 nitrogen and oxygen atoms in total. The zero-order valence-corrected chi connectivity index (χ0v) is 12.1. The number of rotatable bonds is 2. The summed E-state index contributed by atoms with van der Waals surface area (Å²) in [6.45, 7) is 0. The van der Waals surface area contributed by atoms with Crippen molar-refractivity contribution in [3.8, 4) is 0 Å². The zero-order chi connectivity index (χ0) is 13.2. The quantitative estimate of drug-likeness (QED) is 0.893. The molecule has 2 atom stereocenters. The molecule has 3 rings (SSSR count). The second-order valence-corrected chi connectivity index (χ2v) is 6.43. The Kier molecular flexibility index (Phi) is 3.99. The molecule has 1 N–H and O–H groups in total. The summed E-state index contributed by atoms with van der Waals surface area (Å²) in [5.41, 5.74) is 0.951. The molecule has 102 valence electrons. The fourth-order valence-electron chi connectivity index (χ4n) is 2.64. The molecule has 0 spiro atoms. The third kappa shape index (κ3) is 3.06. The van der Waals surface area contributed by atoms with Crippen LogP contribution in [0.1, 0.15) is 31.2 Å². The molecule has 19 heavy (non-hydrogen) atoms. The van der Waals surface area contributed by atoms with E-state index in [2.05, 4.69) is 5.32 Å². The third-order valence-corrected chi connectivity index (χ3v) is 5.00. The van der Waals surface area contributed by atoms with Crippen LogP contribution in [0.3, 0.4) is 0 Å². The number of nitrogens with zero attached hydrogens (tertiary/aromatic N) is 1. The molecular weight excluding hydrogens is 283 g/mol. The van der Waals surface area contributed by atoms with Crippen molar-refractivity contribution < 1.29 is 4.39 Å². The SMILES string of the molecule is Fc1ccc(CSC2=N[C@H]3CCCC[C@@H]3N2)c(Cl)c1. The van der Waals surface area contributed by atoms with Crippen LogP contribution < -0.4 is 5.32 Å². The Morgan fingerprint density at radius 2 is 2.21 bits per heavy atom. The van der Waals surface area contributed by atoms with Crippen molar-refractivity contribution in [1.29, 1.82) is 0 Å². The highest BCUT2D eigenvalue weighted by molar-refractivity contribution is 8.13. The Labute approximate surface area is 121 Å². The van der Waals surface area contributed by atoms with Gasteiger partial charge in [0.2, 0.25) is 0 Å². The average Bonchev–Trinajstić information content (AvgIpc) is 2.80. The Bertz CT molecular complexity index is 506. The number of fused-ring (bicyclic) bond motifs is 1. The third-order valence-electron chi connectivity index (χ3n) is 3.70. The van der Waals surface area contributed by atoms with Crippen LogP contribution in [0.15, 0.2) is 23.2 Å². The molecule has 0 saturated heterocycles. The van der Waals surface area contributed by atoms with E-state index >= 15 is 0 Å². The Morgan fingerprint density at radius 1 is 1.37 bits per heavy atom. The van der Waals surface area contributed by atoms with E-state index in [0.717, 1.165) is 16.5 Å². The first kappa shape index (κ1) is 13.3. The largest absolute Gasteiger partial charge is 0.360 e. The maximum atomic E-state index is 13.0. The maximum absolute atomic E-state index is 13.0. The van der Waals surface area contributed by atoms with Gasteiger partial charge in [-0.1, -0.05) is 42.3 Å². The van der Waals surface area contributed by atoms with Crippen molar-refractivity contribution >= 4 is 28.5 Å². The number of hydrogen-bond acceptors (Lipinski definition) is 3. The van der Waals surface area contributed by atoms with Gasteiger partial charge in [-0.15, -0.1) is 0 Å². The van der Waals surface area contributed by atoms with E-state index in [9.17, 15) is 4.39 Å². The molecule has 1 fully saturated rings. The molecule has 0 aromatic heterocycles. The lowest BCUT2D eigenvalue weighted by Gasteiger charge is -2.23. The first-order valence-electron chi connectivity index (χ1n) is 6.63. The van der Waals surface area contributed by atoms with Gasteiger partial charge >= 0.3 is 0 Å². The van der Waals surface area contributed by atoms with Crippen LogP contribution in [0.5, 0.6) is 0 Å². The van der Waals surface area contributed by atoms with Gasteiger partial charge < -0.3 is 5.32 Å². The first-order chi connectivity index (χ1) is 9.22. The van der Waals surface area contributed by atoms with E-state index in [4.69, 9.17) is 16.6 Å². The number of thioether (sulfide) groups is 1. The standard InChI is InChI=1S/C14H16ClFN2S/c15-11-7-10(16)6-5-9(11)8-19-14-17-12-3-1-2-4-13(12)18-14/h5-7,12-13H,1-4,8H2,(H,17,18)/t12-,13-/m0/s1. The number of benzene rings is 1. The molecule has 1 aromatic rings. The molecule has 1 aromatic carbocycles. The van der Waals surface area contributed by atoms with Crippen molar-refractivity contribution in [2.45, 2.75) is 43.5 Å². The van der Waals surface area contributed by atoms with Gasteiger partial charge in [-0.05, 0) is 30.5 Å². The Morgan fingerprint density at radius 3 is 3.00 bits per heavy atom. The Balaban J connectivity index is 1.60. The summed E-state index contributed by atoms with van der Waals surface area (Å²) in [6, 6.07) is 5.54. The summed E-state index contributed by atoms with van der Waals surface area (Å²) in [6.07, 6.45) is 4.99. The topological polar surface area (TPSA) is 24.4 Å². The zero-order valence-electron chi connectivity index (χ0n) is 10.5. The highest BCUT2D eigenvalue weighted by Gasteiger charge is 2.30. The van der Waals surface area contributed by atoms with Gasteiger partial charge in [0.15, 0.2) is 5.17 Å². The highest BCUT2D eigenvalue weighted by Crippen LogP contribution is 2.29. The molecule has 1 saturated carbocycles. The monoisotopic (exact) mass is 298 g/mol. The van der Waals surface area contributed by atoms with Crippen LogP contribution in [0.4, 0.5) is 4.39 Å². The molecule has 1 heterocycles. The van der Waals surface area contributed by atoms with Crippen LogP contribution in [0.2, 0.25) is 5.02 Å². The fraction of sp³-hybridized carbons (Fsp3) is 0.500. The van der Waals surface area contributed by atoms with Gasteiger partial charge in [0.05, 0.1) is 12.1 Å². The van der Waals surface area contributed by atoms with E-state index < -0.39 is 0 Å². The van der Waals surface area contributed by atoms with Gasteiger partial charge in [-0.2, -0.15) is 0 Å². The lowest BCUT2D eigenvalue weighted by atomic mass is 9.92. The van der Waals surface area contributed by atoms with Crippen molar-refractivity contribution in [3.05, 3.63) is 34.6 Å². The molecule has 5 heteroatoms. The van der Waals surface area contributed by atoms with Crippen molar-refractivity contribution in [2.24, 2.45) is 4.99 Å². The fourth-order valence-corrected chi connectivity index (χ4v) is 3.95. The van der Waals surface area contributed by atoms with Gasteiger partial charge in [0.1, 0.15) is 5.82 Å². The number of hydrogen-bond donors (Lipinski definition) is 1. The predicted molar refractivity (Wildman–Crippen MR) is 79.3 cm³/mol.